The molecule has 3 rings (SSSR count). The molecule has 0 bridgehead atoms. The summed E-state index contributed by atoms with van der Waals surface area (Å²) < 4.78 is 7.92. The van der Waals surface area contributed by atoms with Crippen LogP contribution >= 0.6 is 15.9 Å². The van der Waals surface area contributed by atoms with Crippen molar-refractivity contribution in [3.8, 4) is 0 Å². The van der Waals surface area contributed by atoms with Gasteiger partial charge in [-0.2, -0.15) is 0 Å². The molecule has 2 heterocycles. The first kappa shape index (κ1) is 16.5. The molecular formula is C18H18BrN3O2. The molecule has 124 valence electrons. The van der Waals surface area contributed by atoms with Crippen molar-refractivity contribution in [3.05, 3.63) is 70.6 Å². The number of halogens is 1. The molecule has 1 N–H and O–H groups in total. The van der Waals surface area contributed by atoms with Crippen LogP contribution in [-0.4, -0.2) is 15.5 Å². The molecule has 0 aliphatic carbocycles. The van der Waals surface area contributed by atoms with Crippen molar-refractivity contribution in [1.29, 1.82) is 0 Å². The van der Waals surface area contributed by atoms with Crippen LogP contribution < -0.4 is 5.32 Å². The van der Waals surface area contributed by atoms with Gasteiger partial charge in [-0.25, -0.2) is 4.98 Å². The average Bonchev–Trinajstić information content (AvgIpc) is 3.16. The Balaban J connectivity index is 1.74. The third kappa shape index (κ3) is 3.76. The fraction of sp³-hybridized carbons (Fsp3) is 0.222. The first-order valence-electron chi connectivity index (χ1n) is 7.69. The molecule has 0 aliphatic heterocycles. The number of nitrogens with one attached hydrogen (secondary N) is 1. The van der Waals surface area contributed by atoms with E-state index >= 15 is 0 Å². The average molecular weight is 388 g/mol. The van der Waals surface area contributed by atoms with E-state index in [-0.39, 0.29) is 11.7 Å². The van der Waals surface area contributed by atoms with Crippen LogP contribution in [-0.2, 0) is 6.54 Å². The van der Waals surface area contributed by atoms with Gasteiger partial charge in [-0.15, -0.1) is 0 Å². The van der Waals surface area contributed by atoms with E-state index in [2.05, 4.69) is 44.6 Å². The molecule has 24 heavy (non-hydrogen) atoms. The summed E-state index contributed by atoms with van der Waals surface area (Å²) in [5.74, 6) is 1.40. The second-order valence-corrected chi connectivity index (χ2v) is 6.61. The van der Waals surface area contributed by atoms with Crippen molar-refractivity contribution >= 4 is 27.5 Å². The van der Waals surface area contributed by atoms with Crippen LogP contribution in [0.2, 0.25) is 0 Å². The Hall–Kier alpha value is -2.34. The van der Waals surface area contributed by atoms with Gasteiger partial charge in [0.2, 0.25) is 0 Å². The van der Waals surface area contributed by atoms with Crippen molar-refractivity contribution < 1.29 is 9.21 Å². The van der Waals surface area contributed by atoms with E-state index in [1.165, 1.54) is 0 Å². The maximum atomic E-state index is 12.2. The number of anilines is 1. The van der Waals surface area contributed by atoms with Gasteiger partial charge >= 0.3 is 0 Å². The normalized spacial score (nSPS) is 11.0. The summed E-state index contributed by atoms with van der Waals surface area (Å²) >= 11 is 3.19. The lowest BCUT2D eigenvalue weighted by Gasteiger charge is -2.11. The van der Waals surface area contributed by atoms with Gasteiger partial charge in [0.05, 0.1) is 0 Å². The number of benzene rings is 1. The van der Waals surface area contributed by atoms with Crippen LogP contribution in [0.4, 0.5) is 5.69 Å². The number of carbonyl (C=O) groups excluding carboxylic acids is 1. The first-order chi connectivity index (χ1) is 11.5. The number of carbonyl (C=O) groups is 1. The summed E-state index contributed by atoms with van der Waals surface area (Å²) in [6, 6.07) is 11.1. The molecule has 0 fully saturated rings. The molecule has 1 amide bonds. The number of imidazole rings is 1. The summed E-state index contributed by atoms with van der Waals surface area (Å²) in [4.78, 5) is 16.6. The van der Waals surface area contributed by atoms with Gasteiger partial charge in [0.1, 0.15) is 5.82 Å². The molecule has 0 saturated heterocycles. The van der Waals surface area contributed by atoms with Crippen LogP contribution in [0.1, 0.15) is 41.7 Å². The molecule has 0 atom stereocenters. The largest absolute Gasteiger partial charge is 0.444 e. The van der Waals surface area contributed by atoms with Gasteiger partial charge in [-0.05, 0) is 45.8 Å². The lowest BCUT2D eigenvalue weighted by atomic mass is 10.1. The standard InChI is InChI=1S/C18H18BrN3O2/c1-12(2)17-20-8-9-22(17)11-13-4-3-5-14(10-13)21-18(23)15-6-7-16(19)24-15/h3-10,12H,11H2,1-2H3,(H,21,23). The van der Waals surface area contributed by atoms with Gasteiger partial charge in [0.25, 0.3) is 5.91 Å². The molecule has 0 aliphatic rings. The molecule has 1 aromatic carbocycles. The predicted molar refractivity (Wildman–Crippen MR) is 96.2 cm³/mol. The first-order valence-corrected chi connectivity index (χ1v) is 8.49. The third-order valence-corrected chi connectivity index (χ3v) is 4.03. The second-order valence-electron chi connectivity index (χ2n) is 5.83. The fourth-order valence-corrected chi connectivity index (χ4v) is 2.83. The summed E-state index contributed by atoms with van der Waals surface area (Å²) in [5.41, 5.74) is 1.82. The summed E-state index contributed by atoms with van der Waals surface area (Å²) in [6.07, 6.45) is 3.79. The van der Waals surface area contributed by atoms with Gasteiger partial charge in [0.15, 0.2) is 10.4 Å². The molecule has 0 spiro atoms. The van der Waals surface area contributed by atoms with Crippen LogP contribution in [0, 0.1) is 0 Å². The molecule has 5 nitrogen and oxygen atoms in total. The van der Waals surface area contributed by atoms with E-state index in [1.807, 2.05) is 36.7 Å². The number of nitrogens with zero attached hydrogens (tertiary/aromatic N) is 2. The zero-order chi connectivity index (χ0) is 17.1. The molecule has 2 aromatic heterocycles. The van der Waals surface area contributed by atoms with Crippen LogP contribution in [0.5, 0.6) is 0 Å². The van der Waals surface area contributed by atoms with Gasteiger partial charge in [0, 0.05) is 30.5 Å². The summed E-state index contributed by atoms with van der Waals surface area (Å²) in [7, 11) is 0. The number of hydrogen-bond donors (Lipinski definition) is 1. The zero-order valence-electron chi connectivity index (χ0n) is 13.5. The molecule has 3 aromatic rings. The minimum absolute atomic E-state index is 0.268. The maximum absolute atomic E-state index is 12.2. The van der Waals surface area contributed by atoms with Crippen molar-refractivity contribution in [2.45, 2.75) is 26.3 Å². The number of amides is 1. The highest BCUT2D eigenvalue weighted by molar-refractivity contribution is 9.10. The van der Waals surface area contributed by atoms with Gasteiger partial charge < -0.3 is 14.3 Å². The van der Waals surface area contributed by atoms with E-state index in [1.54, 1.807) is 12.1 Å². The highest BCUT2D eigenvalue weighted by Crippen LogP contribution is 2.18. The maximum Gasteiger partial charge on any atom is 0.291 e. The lowest BCUT2D eigenvalue weighted by Crippen LogP contribution is -2.11. The minimum Gasteiger partial charge on any atom is -0.444 e. The number of aromatic nitrogens is 2. The zero-order valence-corrected chi connectivity index (χ0v) is 15.1. The van der Waals surface area contributed by atoms with E-state index in [9.17, 15) is 4.79 Å². The second kappa shape index (κ2) is 7.05. The lowest BCUT2D eigenvalue weighted by molar-refractivity contribution is 0.0995. The Kier molecular flexibility index (Phi) is 4.85. The summed E-state index contributed by atoms with van der Waals surface area (Å²) in [5, 5.41) is 2.85. The van der Waals surface area contributed by atoms with E-state index < -0.39 is 0 Å². The number of hydrogen-bond acceptors (Lipinski definition) is 3. The fourth-order valence-electron chi connectivity index (χ4n) is 2.53. The summed E-state index contributed by atoms with van der Waals surface area (Å²) in [6.45, 7) is 4.96. The Morgan fingerprint density at radius 2 is 2.17 bits per heavy atom. The Bertz CT molecular complexity index is 851. The van der Waals surface area contributed by atoms with Gasteiger partial charge in [-0.3, -0.25) is 4.79 Å². The van der Waals surface area contributed by atoms with Crippen LogP contribution in [0.3, 0.4) is 0 Å². The number of furan rings is 1. The molecule has 0 radical (unpaired) electrons. The van der Waals surface area contributed by atoms with Crippen molar-refractivity contribution in [3.63, 3.8) is 0 Å². The van der Waals surface area contributed by atoms with E-state index in [0.717, 1.165) is 17.1 Å². The third-order valence-electron chi connectivity index (χ3n) is 3.60. The Labute approximate surface area is 148 Å². The van der Waals surface area contributed by atoms with Gasteiger partial charge in [-0.1, -0.05) is 26.0 Å². The van der Waals surface area contributed by atoms with E-state index in [4.69, 9.17) is 4.42 Å². The van der Waals surface area contributed by atoms with Crippen LogP contribution in [0.25, 0.3) is 0 Å². The Morgan fingerprint density at radius 1 is 1.33 bits per heavy atom. The highest BCUT2D eigenvalue weighted by Gasteiger charge is 2.11. The number of rotatable bonds is 5. The molecular weight excluding hydrogens is 370 g/mol. The Morgan fingerprint density at radius 3 is 2.88 bits per heavy atom. The highest BCUT2D eigenvalue weighted by atomic mass is 79.9. The van der Waals surface area contributed by atoms with Crippen molar-refractivity contribution in [2.75, 3.05) is 5.32 Å². The van der Waals surface area contributed by atoms with Crippen molar-refractivity contribution in [1.82, 2.24) is 9.55 Å². The smallest absolute Gasteiger partial charge is 0.291 e. The van der Waals surface area contributed by atoms with Crippen molar-refractivity contribution in [2.24, 2.45) is 0 Å². The quantitative estimate of drug-likeness (QED) is 0.692. The van der Waals surface area contributed by atoms with E-state index in [0.29, 0.717) is 17.1 Å². The SMILES string of the molecule is CC(C)c1nccn1Cc1cccc(NC(=O)c2ccc(Br)o2)c1. The van der Waals surface area contributed by atoms with Crippen LogP contribution in [0.15, 0.2) is 57.9 Å². The molecule has 0 unspecified atom stereocenters. The monoisotopic (exact) mass is 387 g/mol. The predicted octanol–water partition coefficient (Wildman–Crippen LogP) is 4.66. The molecule has 6 heteroatoms. The minimum atomic E-state index is -0.275. The topological polar surface area (TPSA) is 60.1 Å². The molecule has 0 saturated carbocycles.